The Morgan fingerprint density at radius 1 is 1.33 bits per heavy atom. The fourth-order valence-corrected chi connectivity index (χ4v) is 2.94. The summed E-state index contributed by atoms with van der Waals surface area (Å²) in [6, 6.07) is 8.57. The Hall–Kier alpha value is -1.43. The summed E-state index contributed by atoms with van der Waals surface area (Å²) in [5.41, 5.74) is 5.25. The minimum absolute atomic E-state index is 0.252. The number of rotatable bonds is 8. The number of hydrogen-bond acceptors (Lipinski definition) is 5. The van der Waals surface area contributed by atoms with Gasteiger partial charge in [-0.3, -0.25) is 0 Å². The number of aryl methyl sites for hydroxylation is 1. The van der Waals surface area contributed by atoms with Crippen molar-refractivity contribution in [1.29, 1.82) is 0 Å². The number of ether oxygens (including phenoxy) is 2. The predicted molar refractivity (Wildman–Crippen MR) is 86.9 cm³/mol. The summed E-state index contributed by atoms with van der Waals surface area (Å²) in [5, 5.41) is 3.52. The van der Waals surface area contributed by atoms with Crippen molar-refractivity contribution in [3.63, 3.8) is 0 Å². The lowest BCUT2D eigenvalue weighted by atomic mass is 10.2. The Morgan fingerprint density at radius 3 is 2.90 bits per heavy atom. The van der Waals surface area contributed by atoms with E-state index in [0.29, 0.717) is 19.8 Å². The third-order valence-corrected chi connectivity index (χ3v) is 4.30. The summed E-state index contributed by atoms with van der Waals surface area (Å²) in [7, 11) is 1.68. The zero-order valence-electron chi connectivity index (χ0n) is 12.8. The van der Waals surface area contributed by atoms with Gasteiger partial charge in [-0.25, -0.2) is 4.98 Å². The van der Waals surface area contributed by atoms with Gasteiger partial charge in [-0.15, -0.1) is 11.3 Å². The van der Waals surface area contributed by atoms with Gasteiger partial charge >= 0.3 is 0 Å². The van der Waals surface area contributed by atoms with Gasteiger partial charge in [0.1, 0.15) is 0 Å². The molecule has 2 rings (SSSR count). The summed E-state index contributed by atoms with van der Waals surface area (Å²) in [6.45, 7) is 6.05. The van der Waals surface area contributed by atoms with Crippen LogP contribution in [-0.4, -0.2) is 25.3 Å². The molecule has 0 aliphatic carbocycles. The summed E-state index contributed by atoms with van der Waals surface area (Å²) in [4.78, 5) is 5.58. The molecule has 4 nitrogen and oxygen atoms in total. The zero-order valence-corrected chi connectivity index (χ0v) is 13.6. The molecular weight excluding hydrogens is 284 g/mol. The SMILES string of the molecule is COCCOCc1cccc(NC(C)c2scnc2C)c1. The van der Waals surface area contributed by atoms with E-state index in [1.54, 1.807) is 18.4 Å². The molecule has 1 unspecified atom stereocenters. The third-order valence-electron chi connectivity index (χ3n) is 3.19. The Labute approximate surface area is 130 Å². The maximum absolute atomic E-state index is 5.55. The summed E-state index contributed by atoms with van der Waals surface area (Å²) < 4.78 is 10.5. The lowest BCUT2D eigenvalue weighted by Gasteiger charge is -2.15. The van der Waals surface area contributed by atoms with E-state index in [1.807, 2.05) is 18.5 Å². The van der Waals surface area contributed by atoms with Crippen molar-refractivity contribution in [2.75, 3.05) is 25.6 Å². The van der Waals surface area contributed by atoms with Crippen LogP contribution in [0.15, 0.2) is 29.8 Å². The molecule has 0 spiro atoms. The number of methoxy groups -OCH3 is 1. The number of nitrogens with one attached hydrogen (secondary N) is 1. The molecule has 1 N–H and O–H groups in total. The van der Waals surface area contributed by atoms with Crippen LogP contribution in [0.3, 0.4) is 0 Å². The Kier molecular flexibility index (Phi) is 6.17. The highest BCUT2D eigenvalue weighted by Crippen LogP contribution is 2.25. The molecule has 1 atom stereocenters. The molecule has 1 heterocycles. The second-order valence-corrected chi connectivity index (χ2v) is 5.80. The molecule has 0 bridgehead atoms. The highest BCUT2D eigenvalue weighted by molar-refractivity contribution is 7.09. The molecule has 1 aromatic heterocycles. The Morgan fingerprint density at radius 2 is 2.19 bits per heavy atom. The van der Waals surface area contributed by atoms with E-state index in [4.69, 9.17) is 9.47 Å². The average molecular weight is 306 g/mol. The van der Waals surface area contributed by atoms with E-state index in [-0.39, 0.29) is 6.04 Å². The van der Waals surface area contributed by atoms with Crippen LogP contribution in [0.2, 0.25) is 0 Å². The molecule has 2 aromatic rings. The molecule has 0 aliphatic heterocycles. The van der Waals surface area contributed by atoms with Crippen molar-refractivity contribution in [3.05, 3.63) is 45.9 Å². The van der Waals surface area contributed by atoms with Crippen molar-refractivity contribution in [2.45, 2.75) is 26.5 Å². The van der Waals surface area contributed by atoms with Gasteiger partial charge in [-0.05, 0) is 31.5 Å². The van der Waals surface area contributed by atoms with Gasteiger partial charge in [0.2, 0.25) is 0 Å². The minimum Gasteiger partial charge on any atom is -0.382 e. The van der Waals surface area contributed by atoms with E-state index in [2.05, 4.69) is 35.4 Å². The van der Waals surface area contributed by atoms with Gasteiger partial charge < -0.3 is 14.8 Å². The lowest BCUT2D eigenvalue weighted by Crippen LogP contribution is -2.07. The second-order valence-electron chi connectivity index (χ2n) is 4.91. The van der Waals surface area contributed by atoms with Gasteiger partial charge in [0.15, 0.2) is 0 Å². The molecule has 0 amide bonds. The molecule has 21 heavy (non-hydrogen) atoms. The van der Waals surface area contributed by atoms with Gasteiger partial charge in [-0.2, -0.15) is 0 Å². The van der Waals surface area contributed by atoms with Crippen molar-refractivity contribution in [2.24, 2.45) is 0 Å². The standard InChI is InChI=1S/C16H22N2O2S/c1-12-16(21-11-17-12)13(2)18-15-6-4-5-14(9-15)10-20-8-7-19-3/h4-6,9,11,13,18H,7-8,10H2,1-3H3. The second kappa shape index (κ2) is 8.12. The Bertz CT molecular complexity index is 557. The van der Waals surface area contributed by atoms with Crippen LogP contribution in [0.1, 0.15) is 29.1 Å². The predicted octanol–water partition coefficient (Wildman–Crippen LogP) is 3.79. The molecule has 0 saturated carbocycles. The summed E-state index contributed by atoms with van der Waals surface area (Å²) >= 11 is 1.69. The van der Waals surface area contributed by atoms with Crippen molar-refractivity contribution >= 4 is 17.0 Å². The molecule has 1 aromatic carbocycles. The van der Waals surface area contributed by atoms with E-state index >= 15 is 0 Å². The van der Waals surface area contributed by atoms with Crippen molar-refractivity contribution in [1.82, 2.24) is 4.98 Å². The van der Waals surface area contributed by atoms with E-state index in [0.717, 1.165) is 16.9 Å². The number of anilines is 1. The fourth-order valence-electron chi connectivity index (χ4n) is 2.13. The highest BCUT2D eigenvalue weighted by Gasteiger charge is 2.10. The molecular formula is C16H22N2O2S. The van der Waals surface area contributed by atoms with E-state index < -0.39 is 0 Å². The number of hydrogen-bond donors (Lipinski definition) is 1. The first-order valence-electron chi connectivity index (χ1n) is 7.03. The van der Waals surface area contributed by atoms with E-state index in [1.165, 1.54) is 4.88 Å². The van der Waals surface area contributed by atoms with Gasteiger partial charge in [0.25, 0.3) is 0 Å². The van der Waals surface area contributed by atoms with Crippen LogP contribution in [0.25, 0.3) is 0 Å². The highest BCUT2D eigenvalue weighted by atomic mass is 32.1. The molecule has 0 fully saturated rings. The van der Waals surface area contributed by atoms with Crippen molar-refractivity contribution < 1.29 is 9.47 Å². The molecule has 114 valence electrons. The van der Waals surface area contributed by atoms with Crippen LogP contribution >= 0.6 is 11.3 Å². The number of aromatic nitrogens is 1. The molecule has 0 saturated heterocycles. The summed E-state index contributed by atoms with van der Waals surface area (Å²) in [5.74, 6) is 0. The number of thiazole rings is 1. The monoisotopic (exact) mass is 306 g/mol. The van der Waals surface area contributed by atoms with Crippen LogP contribution in [-0.2, 0) is 16.1 Å². The normalized spacial score (nSPS) is 12.3. The van der Waals surface area contributed by atoms with Gasteiger partial charge in [0, 0.05) is 17.7 Å². The largest absolute Gasteiger partial charge is 0.382 e. The van der Waals surface area contributed by atoms with E-state index in [9.17, 15) is 0 Å². The quantitative estimate of drug-likeness (QED) is 0.754. The van der Waals surface area contributed by atoms with Crippen LogP contribution in [0, 0.1) is 6.92 Å². The van der Waals surface area contributed by atoms with Crippen molar-refractivity contribution in [3.8, 4) is 0 Å². The smallest absolute Gasteiger partial charge is 0.0798 e. The third kappa shape index (κ3) is 4.81. The number of nitrogens with zero attached hydrogens (tertiary/aromatic N) is 1. The van der Waals surface area contributed by atoms with Gasteiger partial charge in [-0.1, -0.05) is 12.1 Å². The Balaban J connectivity index is 1.93. The zero-order chi connectivity index (χ0) is 15.1. The first-order chi connectivity index (χ1) is 10.2. The summed E-state index contributed by atoms with van der Waals surface area (Å²) in [6.07, 6.45) is 0. The first-order valence-corrected chi connectivity index (χ1v) is 7.91. The van der Waals surface area contributed by atoms with Crippen LogP contribution in [0.4, 0.5) is 5.69 Å². The van der Waals surface area contributed by atoms with Crippen LogP contribution in [0.5, 0.6) is 0 Å². The molecule has 5 heteroatoms. The van der Waals surface area contributed by atoms with Gasteiger partial charge in [0.05, 0.1) is 37.1 Å². The topological polar surface area (TPSA) is 43.4 Å². The first kappa shape index (κ1) is 15.9. The number of benzene rings is 1. The minimum atomic E-state index is 0.252. The maximum Gasteiger partial charge on any atom is 0.0798 e. The molecule has 0 aliphatic rings. The molecule has 0 radical (unpaired) electrons. The maximum atomic E-state index is 5.55. The lowest BCUT2D eigenvalue weighted by molar-refractivity contribution is 0.0617. The average Bonchev–Trinajstić information content (AvgIpc) is 2.90. The fraction of sp³-hybridized carbons (Fsp3) is 0.438. The van der Waals surface area contributed by atoms with Crippen LogP contribution < -0.4 is 5.32 Å².